The molecule has 0 aliphatic heterocycles. The largest absolute Gasteiger partial charge is 0.323 e. The summed E-state index contributed by atoms with van der Waals surface area (Å²) >= 11 is 9.33. The van der Waals surface area contributed by atoms with E-state index in [4.69, 9.17) is 0 Å². The molecule has 1 N–H and O–H groups in total. The number of anilines is 1. The maximum absolute atomic E-state index is 12.8. The minimum absolute atomic E-state index is 0.196. The molecule has 6 heteroatoms. The van der Waals surface area contributed by atoms with Crippen LogP contribution in [-0.4, -0.2) is 11.2 Å². The Bertz CT molecular complexity index is 347. The topological polar surface area (TPSA) is 29.1 Å². The van der Waals surface area contributed by atoms with E-state index in [2.05, 4.69) is 53.1 Å². The van der Waals surface area contributed by atoms with E-state index in [1.54, 1.807) is 0 Å². The standard InChI is InChI=1S/C8H5Br3FNO/c9-3-7(14)13-8-5(10)1-4(12)2-6(8)11/h1-2H,3H2,(H,13,14). The highest BCUT2D eigenvalue weighted by Gasteiger charge is 2.09. The number of halogens is 4. The third-order valence-electron chi connectivity index (χ3n) is 1.39. The van der Waals surface area contributed by atoms with Gasteiger partial charge >= 0.3 is 0 Å². The Morgan fingerprint density at radius 1 is 1.36 bits per heavy atom. The van der Waals surface area contributed by atoms with Crippen molar-refractivity contribution in [1.29, 1.82) is 0 Å². The number of amides is 1. The van der Waals surface area contributed by atoms with Crippen molar-refractivity contribution in [1.82, 2.24) is 0 Å². The van der Waals surface area contributed by atoms with Gasteiger partial charge in [-0.1, -0.05) is 15.9 Å². The summed E-state index contributed by atoms with van der Waals surface area (Å²) in [5.41, 5.74) is 0.524. The van der Waals surface area contributed by atoms with Crippen LogP contribution in [0.1, 0.15) is 0 Å². The minimum atomic E-state index is -0.374. The molecule has 0 aromatic heterocycles. The Hall–Kier alpha value is 0.0600. The molecule has 0 radical (unpaired) electrons. The smallest absolute Gasteiger partial charge is 0.235 e. The van der Waals surface area contributed by atoms with Crippen LogP contribution in [0, 0.1) is 5.82 Å². The summed E-state index contributed by atoms with van der Waals surface area (Å²) in [6.45, 7) is 0. The van der Waals surface area contributed by atoms with Crippen molar-refractivity contribution >= 4 is 59.4 Å². The first-order valence-electron chi connectivity index (χ1n) is 3.55. The van der Waals surface area contributed by atoms with Gasteiger partial charge < -0.3 is 5.32 Å². The number of rotatable bonds is 2. The molecule has 2 nitrogen and oxygen atoms in total. The van der Waals surface area contributed by atoms with Crippen molar-refractivity contribution in [2.75, 3.05) is 10.6 Å². The highest BCUT2D eigenvalue weighted by atomic mass is 79.9. The highest BCUT2D eigenvalue weighted by molar-refractivity contribution is 9.11. The average Bonchev–Trinajstić information content (AvgIpc) is 2.10. The number of alkyl halides is 1. The lowest BCUT2D eigenvalue weighted by Crippen LogP contribution is -2.13. The Labute approximate surface area is 106 Å². The molecule has 0 unspecified atom stereocenters. The van der Waals surface area contributed by atoms with Gasteiger partial charge in [-0.2, -0.15) is 0 Å². The molecule has 14 heavy (non-hydrogen) atoms. The molecule has 0 heterocycles. The lowest BCUT2D eigenvalue weighted by atomic mass is 10.3. The SMILES string of the molecule is O=C(CBr)Nc1c(Br)cc(F)cc1Br. The van der Waals surface area contributed by atoms with Crippen molar-refractivity contribution in [2.45, 2.75) is 0 Å². The molecule has 0 saturated heterocycles. The molecule has 0 bridgehead atoms. The van der Waals surface area contributed by atoms with Crippen molar-refractivity contribution in [3.05, 3.63) is 26.9 Å². The molecule has 1 aromatic carbocycles. The summed E-state index contributed by atoms with van der Waals surface area (Å²) in [7, 11) is 0. The fraction of sp³-hybridized carbons (Fsp3) is 0.125. The summed E-state index contributed by atoms with van der Waals surface area (Å²) in [6.07, 6.45) is 0. The Kier molecular flexibility index (Phi) is 4.53. The molecule has 1 amide bonds. The molecule has 0 spiro atoms. The van der Waals surface area contributed by atoms with E-state index in [1.807, 2.05) is 0 Å². The van der Waals surface area contributed by atoms with Crippen LogP contribution in [0.5, 0.6) is 0 Å². The zero-order valence-electron chi connectivity index (χ0n) is 6.78. The third kappa shape index (κ3) is 3.03. The van der Waals surface area contributed by atoms with Crippen LogP contribution in [0.2, 0.25) is 0 Å². The zero-order valence-corrected chi connectivity index (χ0v) is 11.5. The normalized spacial score (nSPS) is 10.0. The minimum Gasteiger partial charge on any atom is -0.323 e. The first-order valence-corrected chi connectivity index (χ1v) is 6.25. The molecule has 0 aliphatic rings. The zero-order chi connectivity index (χ0) is 10.7. The molecular weight excluding hydrogens is 385 g/mol. The van der Waals surface area contributed by atoms with Gasteiger partial charge in [-0.25, -0.2) is 4.39 Å². The Morgan fingerprint density at radius 3 is 2.29 bits per heavy atom. The molecule has 0 aliphatic carbocycles. The van der Waals surface area contributed by atoms with Crippen LogP contribution >= 0.6 is 47.8 Å². The first kappa shape index (κ1) is 12.1. The van der Waals surface area contributed by atoms with E-state index in [9.17, 15) is 9.18 Å². The van der Waals surface area contributed by atoms with Crippen LogP contribution in [0.4, 0.5) is 10.1 Å². The molecule has 0 fully saturated rings. The monoisotopic (exact) mass is 387 g/mol. The summed E-state index contributed by atoms with van der Waals surface area (Å²) in [5.74, 6) is -0.571. The summed E-state index contributed by atoms with van der Waals surface area (Å²) in [4.78, 5) is 11.1. The second-order valence-electron chi connectivity index (χ2n) is 2.43. The van der Waals surface area contributed by atoms with Crippen LogP contribution in [0.3, 0.4) is 0 Å². The number of benzene rings is 1. The lowest BCUT2D eigenvalue weighted by molar-refractivity contribution is -0.113. The maximum atomic E-state index is 12.8. The van der Waals surface area contributed by atoms with Gasteiger partial charge in [0, 0.05) is 8.95 Å². The fourth-order valence-corrected chi connectivity index (χ4v) is 2.30. The molecule has 76 valence electrons. The van der Waals surface area contributed by atoms with E-state index < -0.39 is 0 Å². The molecule has 1 rings (SSSR count). The van der Waals surface area contributed by atoms with Crippen molar-refractivity contribution in [3.8, 4) is 0 Å². The van der Waals surface area contributed by atoms with Crippen molar-refractivity contribution in [3.63, 3.8) is 0 Å². The van der Waals surface area contributed by atoms with Crippen LogP contribution < -0.4 is 5.32 Å². The van der Waals surface area contributed by atoms with Crippen LogP contribution in [0.25, 0.3) is 0 Å². The fourth-order valence-electron chi connectivity index (χ4n) is 0.834. The number of hydrogen-bond acceptors (Lipinski definition) is 1. The second-order valence-corrected chi connectivity index (χ2v) is 4.70. The van der Waals surface area contributed by atoms with E-state index in [1.165, 1.54) is 12.1 Å². The molecule has 0 atom stereocenters. The number of nitrogens with one attached hydrogen (secondary N) is 1. The highest BCUT2D eigenvalue weighted by Crippen LogP contribution is 2.31. The Balaban J connectivity index is 3.02. The average molecular weight is 390 g/mol. The number of hydrogen-bond donors (Lipinski definition) is 1. The quantitative estimate of drug-likeness (QED) is 0.768. The second kappa shape index (κ2) is 5.23. The number of carbonyl (C=O) groups excluding carboxylic acids is 1. The lowest BCUT2D eigenvalue weighted by Gasteiger charge is -2.08. The summed E-state index contributed by atoms with van der Waals surface area (Å²) in [6, 6.07) is 2.57. The van der Waals surface area contributed by atoms with E-state index in [-0.39, 0.29) is 17.1 Å². The third-order valence-corrected chi connectivity index (χ3v) is 3.15. The Morgan fingerprint density at radius 2 is 1.86 bits per heavy atom. The van der Waals surface area contributed by atoms with Gasteiger partial charge in [0.1, 0.15) is 5.82 Å². The van der Waals surface area contributed by atoms with Gasteiger partial charge in [0.05, 0.1) is 11.0 Å². The van der Waals surface area contributed by atoms with Crippen LogP contribution in [0.15, 0.2) is 21.1 Å². The van der Waals surface area contributed by atoms with Gasteiger partial charge in [0.2, 0.25) is 5.91 Å². The maximum Gasteiger partial charge on any atom is 0.235 e. The van der Waals surface area contributed by atoms with Gasteiger partial charge in [0.15, 0.2) is 0 Å². The first-order chi connectivity index (χ1) is 6.54. The summed E-state index contributed by atoms with van der Waals surface area (Å²) in [5, 5.41) is 2.81. The van der Waals surface area contributed by atoms with Crippen LogP contribution in [-0.2, 0) is 4.79 Å². The van der Waals surface area contributed by atoms with E-state index >= 15 is 0 Å². The van der Waals surface area contributed by atoms with E-state index in [0.717, 1.165) is 0 Å². The van der Waals surface area contributed by atoms with Gasteiger partial charge in [-0.05, 0) is 44.0 Å². The molecule has 0 saturated carbocycles. The summed E-state index contributed by atoms with van der Waals surface area (Å²) < 4.78 is 13.8. The van der Waals surface area contributed by atoms with Gasteiger partial charge in [-0.3, -0.25) is 4.79 Å². The van der Waals surface area contributed by atoms with Crippen molar-refractivity contribution in [2.24, 2.45) is 0 Å². The molecule has 1 aromatic rings. The van der Waals surface area contributed by atoms with Gasteiger partial charge in [-0.15, -0.1) is 0 Å². The molecular formula is C8H5Br3FNO. The van der Waals surface area contributed by atoms with Gasteiger partial charge in [0.25, 0.3) is 0 Å². The predicted octanol–water partition coefficient (Wildman–Crippen LogP) is 3.68. The number of carbonyl (C=O) groups is 1. The van der Waals surface area contributed by atoms with E-state index in [0.29, 0.717) is 14.6 Å². The predicted molar refractivity (Wildman–Crippen MR) is 64.2 cm³/mol. The van der Waals surface area contributed by atoms with Crippen molar-refractivity contribution < 1.29 is 9.18 Å².